The smallest absolute Gasteiger partial charge is 0.222 e. The summed E-state index contributed by atoms with van der Waals surface area (Å²) in [5.74, 6) is 0.482. The second-order valence-corrected chi connectivity index (χ2v) is 8.06. The number of piperidine rings is 2. The van der Waals surface area contributed by atoms with E-state index in [1.807, 2.05) is 9.80 Å². The van der Waals surface area contributed by atoms with E-state index < -0.39 is 0 Å². The van der Waals surface area contributed by atoms with Crippen LogP contribution in [-0.2, 0) is 9.59 Å². The summed E-state index contributed by atoms with van der Waals surface area (Å²) >= 11 is 0. The van der Waals surface area contributed by atoms with E-state index in [0.29, 0.717) is 18.9 Å². The van der Waals surface area contributed by atoms with Crippen molar-refractivity contribution < 1.29 is 9.59 Å². The van der Waals surface area contributed by atoms with Crippen molar-refractivity contribution in [3.05, 3.63) is 29.3 Å². The molecule has 3 rings (SSSR count). The maximum atomic E-state index is 12.6. The highest BCUT2D eigenvalue weighted by Gasteiger charge is 2.24. The van der Waals surface area contributed by atoms with Crippen LogP contribution in [0.25, 0.3) is 0 Å². The first-order chi connectivity index (χ1) is 13.0. The van der Waals surface area contributed by atoms with Crippen LogP contribution in [0.2, 0.25) is 0 Å². The molecule has 1 atom stereocenters. The largest absolute Gasteiger partial charge is 0.381 e. The molecule has 2 aliphatic rings. The molecule has 5 heteroatoms. The third-order valence-electron chi connectivity index (χ3n) is 5.89. The van der Waals surface area contributed by atoms with Crippen LogP contribution in [0.15, 0.2) is 18.2 Å². The van der Waals surface area contributed by atoms with E-state index in [-0.39, 0.29) is 11.8 Å². The summed E-state index contributed by atoms with van der Waals surface area (Å²) in [6.45, 7) is 7.46. The van der Waals surface area contributed by atoms with E-state index in [1.54, 1.807) is 0 Å². The van der Waals surface area contributed by atoms with E-state index in [1.165, 1.54) is 11.1 Å². The monoisotopic (exact) mass is 371 g/mol. The minimum absolute atomic E-state index is 0.228. The van der Waals surface area contributed by atoms with E-state index in [4.69, 9.17) is 0 Å². The molecule has 0 aromatic heterocycles. The van der Waals surface area contributed by atoms with E-state index in [0.717, 1.165) is 64.0 Å². The number of likely N-dealkylation sites (tertiary alicyclic amines) is 2. The highest BCUT2D eigenvalue weighted by Crippen LogP contribution is 2.20. The molecule has 1 aromatic carbocycles. The highest BCUT2D eigenvalue weighted by molar-refractivity contribution is 5.77. The fourth-order valence-electron chi connectivity index (χ4n) is 4.07. The predicted octanol–water partition coefficient (Wildman–Crippen LogP) is 3.50. The number of rotatable bonds is 6. The molecule has 0 aliphatic carbocycles. The zero-order valence-electron chi connectivity index (χ0n) is 16.8. The Morgan fingerprint density at radius 2 is 2.00 bits per heavy atom. The van der Waals surface area contributed by atoms with Crippen LogP contribution in [0, 0.1) is 13.8 Å². The second kappa shape index (κ2) is 9.25. The SMILES string of the molecule is Cc1ccc(N[C@H]2CCCN(C(=O)CCCN3CCCCC3=O)C2)cc1C. The molecule has 27 heavy (non-hydrogen) atoms. The molecule has 0 unspecified atom stereocenters. The molecule has 2 saturated heterocycles. The quantitative estimate of drug-likeness (QED) is 0.833. The van der Waals surface area contributed by atoms with Crippen LogP contribution in [0.1, 0.15) is 56.1 Å². The van der Waals surface area contributed by atoms with E-state index >= 15 is 0 Å². The predicted molar refractivity (Wildman–Crippen MR) is 109 cm³/mol. The molecule has 1 N–H and O–H groups in total. The highest BCUT2D eigenvalue weighted by atomic mass is 16.2. The maximum absolute atomic E-state index is 12.6. The van der Waals surface area contributed by atoms with Gasteiger partial charge < -0.3 is 15.1 Å². The number of benzene rings is 1. The van der Waals surface area contributed by atoms with Gasteiger partial charge in [-0.15, -0.1) is 0 Å². The van der Waals surface area contributed by atoms with Gasteiger partial charge >= 0.3 is 0 Å². The number of anilines is 1. The molecule has 5 nitrogen and oxygen atoms in total. The van der Waals surface area contributed by atoms with Crippen molar-refractivity contribution in [2.75, 3.05) is 31.5 Å². The van der Waals surface area contributed by atoms with Crippen molar-refractivity contribution in [3.63, 3.8) is 0 Å². The lowest BCUT2D eigenvalue weighted by atomic mass is 10.0. The lowest BCUT2D eigenvalue weighted by Gasteiger charge is -2.34. The van der Waals surface area contributed by atoms with Gasteiger partial charge in [-0.3, -0.25) is 9.59 Å². The molecule has 2 aliphatic heterocycles. The zero-order chi connectivity index (χ0) is 19.2. The topological polar surface area (TPSA) is 52.7 Å². The van der Waals surface area contributed by atoms with Crippen LogP contribution in [-0.4, -0.2) is 53.8 Å². The Hall–Kier alpha value is -2.04. The van der Waals surface area contributed by atoms with Gasteiger partial charge in [-0.1, -0.05) is 6.07 Å². The molecule has 2 heterocycles. The molecular formula is C22H33N3O2. The summed E-state index contributed by atoms with van der Waals surface area (Å²) in [7, 11) is 0. The fraction of sp³-hybridized carbons (Fsp3) is 0.636. The molecular weight excluding hydrogens is 338 g/mol. The summed E-state index contributed by atoms with van der Waals surface area (Å²) in [5, 5.41) is 3.60. The summed E-state index contributed by atoms with van der Waals surface area (Å²) in [6.07, 6.45) is 6.23. The van der Waals surface area contributed by atoms with Gasteiger partial charge in [-0.2, -0.15) is 0 Å². The number of hydrogen-bond donors (Lipinski definition) is 1. The average Bonchev–Trinajstić information content (AvgIpc) is 2.66. The molecule has 2 fully saturated rings. The Morgan fingerprint density at radius 3 is 2.78 bits per heavy atom. The maximum Gasteiger partial charge on any atom is 0.222 e. The van der Waals surface area contributed by atoms with Gasteiger partial charge in [0, 0.05) is 50.7 Å². The number of carbonyl (C=O) groups excluding carboxylic acids is 2. The number of aryl methyl sites for hydroxylation is 2. The summed E-state index contributed by atoms with van der Waals surface area (Å²) in [4.78, 5) is 28.4. The van der Waals surface area contributed by atoms with Gasteiger partial charge in [0.25, 0.3) is 0 Å². The normalized spacial score (nSPS) is 20.7. The zero-order valence-corrected chi connectivity index (χ0v) is 16.8. The Balaban J connectivity index is 1.44. The Kier molecular flexibility index (Phi) is 6.75. The number of carbonyl (C=O) groups is 2. The first kappa shape index (κ1) is 19.7. The minimum atomic E-state index is 0.228. The number of nitrogens with zero attached hydrogens (tertiary/aromatic N) is 2. The van der Waals surface area contributed by atoms with Gasteiger partial charge in [-0.05, 0) is 69.2 Å². The Morgan fingerprint density at radius 1 is 1.15 bits per heavy atom. The van der Waals surface area contributed by atoms with Crippen LogP contribution >= 0.6 is 0 Å². The lowest BCUT2D eigenvalue weighted by molar-refractivity contribution is -0.135. The molecule has 148 valence electrons. The fourth-order valence-corrected chi connectivity index (χ4v) is 4.07. The molecule has 0 saturated carbocycles. The second-order valence-electron chi connectivity index (χ2n) is 8.06. The third kappa shape index (κ3) is 5.47. The number of amides is 2. The Labute approximate surface area is 163 Å². The minimum Gasteiger partial charge on any atom is -0.381 e. The van der Waals surface area contributed by atoms with Gasteiger partial charge in [0.1, 0.15) is 0 Å². The van der Waals surface area contributed by atoms with Crippen molar-refractivity contribution in [2.24, 2.45) is 0 Å². The van der Waals surface area contributed by atoms with E-state index in [2.05, 4.69) is 37.4 Å². The van der Waals surface area contributed by atoms with Crippen molar-refractivity contribution in [1.82, 2.24) is 9.80 Å². The molecule has 2 amide bonds. The van der Waals surface area contributed by atoms with Crippen LogP contribution in [0.5, 0.6) is 0 Å². The van der Waals surface area contributed by atoms with Gasteiger partial charge in [-0.25, -0.2) is 0 Å². The summed E-state index contributed by atoms with van der Waals surface area (Å²) in [5.41, 5.74) is 3.73. The number of nitrogens with one attached hydrogen (secondary N) is 1. The third-order valence-corrected chi connectivity index (χ3v) is 5.89. The standard InChI is InChI=1S/C22H33N3O2/c1-17-10-11-19(15-18(17)2)23-20-7-5-14-25(16-20)22(27)9-6-13-24-12-4-3-8-21(24)26/h10-11,15,20,23H,3-9,12-14,16H2,1-2H3/t20-/m0/s1. The van der Waals surface area contributed by atoms with E-state index in [9.17, 15) is 9.59 Å². The lowest BCUT2D eigenvalue weighted by Crippen LogP contribution is -2.45. The Bertz CT molecular complexity index is 674. The van der Waals surface area contributed by atoms with Crippen LogP contribution < -0.4 is 5.32 Å². The molecule has 0 bridgehead atoms. The van der Waals surface area contributed by atoms with Crippen molar-refractivity contribution in [1.29, 1.82) is 0 Å². The molecule has 0 radical (unpaired) electrons. The van der Waals surface area contributed by atoms with Crippen LogP contribution in [0.4, 0.5) is 5.69 Å². The first-order valence-corrected chi connectivity index (χ1v) is 10.4. The average molecular weight is 372 g/mol. The molecule has 1 aromatic rings. The van der Waals surface area contributed by atoms with Gasteiger partial charge in [0.2, 0.25) is 11.8 Å². The van der Waals surface area contributed by atoms with Crippen molar-refractivity contribution in [3.8, 4) is 0 Å². The van der Waals surface area contributed by atoms with Crippen molar-refractivity contribution in [2.45, 2.75) is 64.8 Å². The van der Waals surface area contributed by atoms with Gasteiger partial charge in [0.05, 0.1) is 0 Å². The first-order valence-electron chi connectivity index (χ1n) is 10.4. The van der Waals surface area contributed by atoms with Gasteiger partial charge in [0.15, 0.2) is 0 Å². The summed E-state index contributed by atoms with van der Waals surface area (Å²) in [6, 6.07) is 6.77. The molecule has 0 spiro atoms. The number of hydrogen-bond acceptors (Lipinski definition) is 3. The van der Waals surface area contributed by atoms with Crippen LogP contribution in [0.3, 0.4) is 0 Å². The summed E-state index contributed by atoms with van der Waals surface area (Å²) < 4.78 is 0. The van der Waals surface area contributed by atoms with Crippen molar-refractivity contribution >= 4 is 17.5 Å².